The zero-order chi connectivity index (χ0) is 14.3. The topological polar surface area (TPSA) is 20.3 Å². The van der Waals surface area contributed by atoms with Gasteiger partial charge in [0, 0.05) is 11.7 Å². The maximum atomic E-state index is 13.8. The third kappa shape index (κ3) is 1.88. The molecule has 2 nitrogen and oxygen atoms in total. The first-order valence-electron chi connectivity index (χ1n) is 6.45. The number of anilines is 1. The van der Waals surface area contributed by atoms with Crippen LogP contribution in [0.1, 0.15) is 22.8 Å². The Bertz CT molecular complexity index is 684. The third-order valence-corrected chi connectivity index (χ3v) is 3.61. The normalized spacial score (nSPS) is 17.1. The second-order valence-electron chi connectivity index (χ2n) is 4.96. The number of hydrogen-bond acceptors (Lipinski definition) is 1. The minimum atomic E-state index is -1.09. The molecule has 2 aromatic carbocycles. The van der Waals surface area contributed by atoms with Gasteiger partial charge in [-0.2, -0.15) is 0 Å². The van der Waals surface area contributed by atoms with E-state index in [4.69, 9.17) is 0 Å². The fraction of sp³-hybridized carbons (Fsp3) is 0.188. The Labute approximate surface area is 115 Å². The first-order valence-corrected chi connectivity index (χ1v) is 6.45. The van der Waals surface area contributed by atoms with Gasteiger partial charge in [0.1, 0.15) is 0 Å². The highest BCUT2D eigenvalue weighted by atomic mass is 19.2. The van der Waals surface area contributed by atoms with Crippen LogP contribution >= 0.6 is 0 Å². The highest BCUT2D eigenvalue weighted by Gasteiger charge is 2.32. The number of carbonyl (C=O) groups excluding carboxylic acids is 1. The SMILES string of the molecule is CC1Cc2ccccc2N1C(=O)c1cccc(F)c1F. The summed E-state index contributed by atoms with van der Waals surface area (Å²) in [6, 6.07) is 11.1. The number of para-hydroxylation sites is 1. The van der Waals surface area contributed by atoms with Gasteiger partial charge in [0.25, 0.3) is 5.91 Å². The van der Waals surface area contributed by atoms with E-state index >= 15 is 0 Å². The Morgan fingerprint density at radius 3 is 2.70 bits per heavy atom. The Hall–Kier alpha value is -2.23. The zero-order valence-electron chi connectivity index (χ0n) is 10.9. The molecular formula is C16H13F2NO. The number of nitrogens with zero attached hydrogens (tertiary/aromatic N) is 1. The van der Waals surface area contributed by atoms with E-state index in [1.54, 1.807) is 0 Å². The van der Waals surface area contributed by atoms with E-state index in [2.05, 4.69) is 0 Å². The van der Waals surface area contributed by atoms with Crippen LogP contribution in [-0.4, -0.2) is 11.9 Å². The van der Waals surface area contributed by atoms with Crippen molar-refractivity contribution in [3.63, 3.8) is 0 Å². The molecule has 0 saturated heterocycles. The lowest BCUT2D eigenvalue weighted by atomic mass is 10.1. The van der Waals surface area contributed by atoms with E-state index in [1.165, 1.54) is 17.0 Å². The molecule has 2 aromatic rings. The lowest BCUT2D eigenvalue weighted by Crippen LogP contribution is -2.36. The molecule has 1 amide bonds. The van der Waals surface area contributed by atoms with E-state index in [-0.39, 0.29) is 11.6 Å². The van der Waals surface area contributed by atoms with E-state index in [1.807, 2.05) is 31.2 Å². The number of rotatable bonds is 1. The summed E-state index contributed by atoms with van der Waals surface area (Å²) in [5.74, 6) is -2.59. The molecule has 1 heterocycles. The summed E-state index contributed by atoms with van der Waals surface area (Å²) in [6.45, 7) is 1.90. The summed E-state index contributed by atoms with van der Waals surface area (Å²) in [5, 5.41) is 0. The number of benzene rings is 2. The van der Waals surface area contributed by atoms with Crippen LogP contribution in [0.4, 0.5) is 14.5 Å². The molecule has 3 rings (SSSR count). The molecule has 1 aliphatic heterocycles. The molecule has 1 atom stereocenters. The second-order valence-corrected chi connectivity index (χ2v) is 4.96. The van der Waals surface area contributed by atoms with Crippen molar-refractivity contribution >= 4 is 11.6 Å². The van der Waals surface area contributed by atoms with Crippen LogP contribution in [0.3, 0.4) is 0 Å². The standard InChI is InChI=1S/C16H13F2NO/c1-10-9-11-5-2-3-8-14(11)19(10)16(20)12-6-4-7-13(17)15(12)18/h2-8,10H,9H2,1H3. The minimum Gasteiger partial charge on any atom is -0.305 e. The Morgan fingerprint density at radius 1 is 1.15 bits per heavy atom. The van der Waals surface area contributed by atoms with Gasteiger partial charge >= 0.3 is 0 Å². The number of carbonyl (C=O) groups is 1. The van der Waals surface area contributed by atoms with Crippen LogP contribution in [0.15, 0.2) is 42.5 Å². The smallest absolute Gasteiger partial charge is 0.261 e. The maximum Gasteiger partial charge on any atom is 0.261 e. The molecule has 1 aliphatic rings. The number of halogens is 2. The first-order chi connectivity index (χ1) is 9.59. The molecule has 4 heteroatoms. The molecule has 0 bridgehead atoms. The lowest BCUT2D eigenvalue weighted by molar-refractivity contribution is 0.0976. The highest BCUT2D eigenvalue weighted by molar-refractivity contribution is 6.07. The van der Waals surface area contributed by atoms with Crippen LogP contribution in [0.2, 0.25) is 0 Å². The Morgan fingerprint density at radius 2 is 1.90 bits per heavy atom. The average Bonchev–Trinajstić information content (AvgIpc) is 2.77. The van der Waals surface area contributed by atoms with Gasteiger partial charge in [-0.1, -0.05) is 24.3 Å². The molecular weight excluding hydrogens is 260 g/mol. The quantitative estimate of drug-likeness (QED) is 0.778. The molecule has 0 fully saturated rings. The van der Waals surface area contributed by atoms with Gasteiger partial charge in [0.15, 0.2) is 11.6 Å². The van der Waals surface area contributed by atoms with Crippen molar-refractivity contribution in [1.82, 2.24) is 0 Å². The summed E-state index contributed by atoms with van der Waals surface area (Å²) < 4.78 is 27.1. The Balaban J connectivity index is 2.05. The van der Waals surface area contributed by atoms with Crippen molar-refractivity contribution in [2.45, 2.75) is 19.4 Å². The first kappa shape index (κ1) is 12.8. The number of hydrogen-bond donors (Lipinski definition) is 0. The molecule has 0 radical (unpaired) electrons. The van der Waals surface area contributed by atoms with Crippen LogP contribution in [0.5, 0.6) is 0 Å². The number of amides is 1. The van der Waals surface area contributed by atoms with Crippen molar-refractivity contribution in [3.05, 3.63) is 65.2 Å². The molecule has 0 spiro atoms. The van der Waals surface area contributed by atoms with Gasteiger partial charge in [0.2, 0.25) is 0 Å². The molecule has 20 heavy (non-hydrogen) atoms. The van der Waals surface area contributed by atoms with Crippen LogP contribution in [0, 0.1) is 11.6 Å². The summed E-state index contributed by atoms with van der Waals surface area (Å²) in [5.41, 5.74) is 1.59. The van der Waals surface area contributed by atoms with Crippen molar-refractivity contribution in [2.75, 3.05) is 4.90 Å². The molecule has 0 aliphatic carbocycles. The third-order valence-electron chi connectivity index (χ3n) is 3.61. The van der Waals surface area contributed by atoms with E-state index in [9.17, 15) is 13.6 Å². The van der Waals surface area contributed by atoms with Gasteiger partial charge in [-0.3, -0.25) is 4.79 Å². The van der Waals surface area contributed by atoms with Crippen LogP contribution in [0.25, 0.3) is 0 Å². The van der Waals surface area contributed by atoms with Gasteiger partial charge in [-0.15, -0.1) is 0 Å². The van der Waals surface area contributed by atoms with Crippen molar-refractivity contribution < 1.29 is 13.6 Å². The van der Waals surface area contributed by atoms with Crippen LogP contribution < -0.4 is 4.90 Å². The summed E-state index contributed by atoms with van der Waals surface area (Å²) in [4.78, 5) is 14.0. The molecule has 0 N–H and O–H groups in total. The van der Waals surface area contributed by atoms with E-state index < -0.39 is 17.5 Å². The fourth-order valence-corrected chi connectivity index (χ4v) is 2.67. The largest absolute Gasteiger partial charge is 0.305 e. The van der Waals surface area contributed by atoms with Gasteiger partial charge in [-0.25, -0.2) is 8.78 Å². The Kier molecular flexibility index (Phi) is 3.01. The maximum absolute atomic E-state index is 13.8. The summed E-state index contributed by atoms with van der Waals surface area (Å²) in [6.07, 6.45) is 0.721. The van der Waals surface area contributed by atoms with E-state index in [0.29, 0.717) is 0 Å². The molecule has 102 valence electrons. The predicted molar refractivity (Wildman–Crippen MR) is 72.8 cm³/mol. The molecule has 0 aromatic heterocycles. The van der Waals surface area contributed by atoms with Crippen molar-refractivity contribution in [1.29, 1.82) is 0 Å². The molecule has 1 unspecified atom stereocenters. The highest BCUT2D eigenvalue weighted by Crippen LogP contribution is 2.33. The van der Waals surface area contributed by atoms with Gasteiger partial charge in [0.05, 0.1) is 5.56 Å². The van der Waals surface area contributed by atoms with Gasteiger partial charge in [-0.05, 0) is 37.1 Å². The summed E-state index contributed by atoms with van der Waals surface area (Å²) >= 11 is 0. The van der Waals surface area contributed by atoms with Crippen molar-refractivity contribution in [3.8, 4) is 0 Å². The zero-order valence-corrected chi connectivity index (χ0v) is 10.9. The second kappa shape index (κ2) is 4.71. The average molecular weight is 273 g/mol. The van der Waals surface area contributed by atoms with E-state index in [0.717, 1.165) is 23.7 Å². The lowest BCUT2D eigenvalue weighted by Gasteiger charge is -2.23. The fourth-order valence-electron chi connectivity index (χ4n) is 2.67. The minimum absolute atomic E-state index is 0.0671. The predicted octanol–water partition coefficient (Wildman–Crippen LogP) is 3.56. The monoisotopic (exact) mass is 273 g/mol. The van der Waals surface area contributed by atoms with Gasteiger partial charge < -0.3 is 4.90 Å². The number of fused-ring (bicyclic) bond motifs is 1. The van der Waals surface area contributed by atoms with Crippen molar-refractivity contribution in [2.24, 2.45) is 0 Å². The van der Waals surface area contributed by atoms with Crippen LogP contribution in [-0.2, 0) is 6.42 Å². The summed E-state index contributed by atoms with van der Waals surface area (Å²) in [7, 11) is 0. The molecule has 0 saturated carbocycles.